The van der Waals surface area contributed by atoms with Gasteiger partial charge in [-0.05, 0) is 31.2 Å². The largest absolute Gasteiger partial charge is 0.512 e. The number of benzene rings is 1. The number of pyridine rings is 1. The highest BCUT2D eigenvalue weighted by Crippen LogP contribution is 2.21. The highest BCUT2D eigenvalue weighted by Gasteiger charge is 2.14. The second-order valence-corrected chi connectivity index (χ2v) is 4.10. The lowest BCUT2D eigenvalue weighted by Crippen LogP contribution is -2.05. The number of aryl methyl sites for hydroxylation is 1. The molecule has 0 aliphatic heterocycles. The van der Waals surface area contributed by atoms with Crippen LogP contribution in [0.5, 0.6) is 5.88 Å². The number of hydrogen-bond donors (Lipinski definition) is 1. The van der Waals surface area contributed by atoms with Crippen LogP contribution in [-0.2, 0) is 0 Å². The number of nitrogens with zero attached hydrogens (tertiary/aromatic N) is 4. The molecule has 0 spiro atoms. The Hall–Kier alpha value is -2.96. The van der Waals surface area contributed by atoms with Crippen molar-refractivity contribution in [3.8, 4) is 11.6 Å². The molecule has 3 aromatic rings. The van der Waals surface area contributed by atoms with Crippen LogP contribution in [0.2, 0.25) is 0 Å². The quantitative estimate of drug-likeness (QED) is 0.718. The molecule has 0 radical (unpaired) electrons. The predicted octanol–water partition coefficient (Wildman–Crippen LogP) is 2.18. The zero-order valence-corrected chi connectivity index (χ0v) is 10.5. The van der Waals surface area contributed by atoms with Gasteiger partial charge in [-0.2, -0.15) is 0 Å². The Labute approximate surface area is 113 Å². The van der Waals surface area contributed by atoms with Crippen LogP contribution in [0, 0.1) is 6.92 Å². The fourth-order valence-corrected chi connectivity index (χ4v) is 1.91. The van der Waals surface area contributed by atoms with Gasteiger partial charge in [0.25, 0.3) is 5.88 Å². The van der Waals surface area contributed by atoms with Gasteiger partial charge in [0.05, 0.1) is 11.2 Å². The summed E-state index contributed by atoms with van der Waals surface area (Å²) < 4.78 is 4.57. The van der Waals surface area contributed by atoms with Crippen LogP contribution in [-0.4, -0.2) is 31.2 Å². The number of ether oxygens (including phenoxy) is 1. The van der Waals surface area contributed by atoms with Crippen molar-refractivity contribution in [3.63, 3.8) is 0 Å². The Morgan fingerprint density at radius 1 is 1.25 bits per heavy atom. The molecule has 0 aliphatic rings. The molecule has 0 fully saturated rings. The van der Waals surface area contributed by atoms with Crippen molar-refractivity contribution in [2.75, 3.05) is 0 Å². The van der Waals surface area contributed by atoms with Gasteiger partial charge in [0.15, 0.2) is 0 Å². The van der Waals surface area contributed by atoms with Crippen molar-refractivity contribution in [1.29, 1.82) is 0 Å². The molecule has 0 saturated carbocycles. The van der Waals surface area contributed by atoms with Gasteiger partial charge in [-0.3, -0.25) is 4.98 Å². The first-order valence-electron chi connectivity index (χ1n) is 5.84. The Balaban J connectivity index is 2.14. The van der Waals surface area contributed by atoms with Crippen molar-refractivity contribution in [1.82, 2.24) is 20.0 Å². The lowest BCUT2D eigenvalue weighted by atomic mass is 10.2. The van der Waals surface area contributed by atoms with Crippen molar-refractivity contribution >= 4 is 17.1 Å². The summed E-state index contributed by atoms with van der Waals surface area (Å²) in [4.78, 5) is 16.2. The van der Waals surface area contributed by atoms with Gasteiger partial charge < -0.3 is 9.84 Å². The third-order valence-electron chi connectivity index (χ3n) is 2.76. The molecule has 7 nitrogen and oxygen atoms in total. The molecule has 0 unspecified atom stereocenters. The molecule has 2 heterocycles. The van der Waals surface area contributed by atoms with Crippen molar-refractivity contribution in [2.24, 2.45) is 0 Å². The van der Waals surface area contributed by atoms with Gasteiger partial charge >= 0.3 is 6.16 Å². The number of fused-ring (bicyclic) bond motifs is 1. The highest BCUT2D eigenvalue weighted by molar-refractivity contribution is 5.86. The maximum atomic E-state index is 10.6. The summed E-state index contributed by atoms with van der Waals surface area (Å²) in [6.45, 7) is 1.63. The molecule has 1 N–H and O–H groups in total. The molecule has 0 aliphatic carbocycles. The first-order chi connectivity index (χ1) is 9.65. The first kappa shape index (κ1) is 12.1. The third-order valence-corrected chi connectivity index (χ3v) is 2.76. The van der Waals surface area contributed by atoms with Crippen molar-refractivity contribution in [2.45, 2.75) is 6.92 Å². The van der Waals surface area contributed by atoms with Crippen LogP contribution in [0.15, 0.2) is 36.5 Å². The van der Waals surface area contributed by atoms with Crippen LogP contribution in [0.4, 0.5) is 4.79 Å². The van der Waals surface area contributed by atoms with Crippen LogP contribution >= 0.6 is 0 Å². The Kier molecular flexibility index (Phi) is 2.79. The SMILES string of the molecule is Cc1nn(-c2cccc3ncccc23)nc1OC(=O)O. The minimum absolute atomic E-state index is 0.0293. The third kappa shape index (κ3) is 2.05. The molecule has 0 amide bonds. The molecular formula is C13H10N4O3. The summed E-state index contributed by atoms with van der Waals surface area (Å²) in [5.41, 5.74) is 1.91. The monoisotopic (exact) mass is 270 g/mol. The van der Waals surface area contributed by atoms with Gasteiger partial charge in [0, 0.05) is 11.6 Å². The number of aromatic nitrogens is 4. The summed E-state index contributed by atoms with van der Waals surface area (Å²) in [6.07, 6.45) is 0.284. The maximum Gasteiger partial charge on any atom is 0.512 e. The van der Waals surface area contributed by atoms with E-state index in [0.29, 0.717) is 11.4 Å². The number of rotatable bonds is 2. The smallest absolute Gasteiger partial charge is 0.449 e. The predicted molar refractivity (Wildman–Crippen MR) is 70.0 cm³/mol. The van der Waals surface area contributed by atoms with E-state index in [1.165, 1.54) is 4.80 Å². The number of hydrogen-bond acceptors (Lipinski definition) is 5. The lowest BCUT2D eigenvalue weighted by Gasteiger charge is -2.03. The number of carboxylic acid groups (broad SMARTS) is 1. The van der Waals surface area contributed by atoms with Crippen molar-refractivity contribution < 1.29 is 14.6 Å². The van der Waals surface area contributed by atoms with Crippen LogP contribution in [0.1, 0.15) is 5.69 Å². The average molecular weight is 270 g/mol. The highest BCUT2D eigenvalue weighted by atomic mass is 16.7. The van der Waals surface area contributed by atoms with Gasteiger partial charge in [-0.1, -0.05) is 6.07 Å². The van der Waals surface area contributed by atoms with E-state index in [9.17, 15) is 4.79 Å². The molecular weight excluding hydrogens is 260 g/mol. The average Bonchev–Trinajstić information content (AvgIpc) is 2.78. The standard InChI is InChI=1S/C13H10N4O3/c1-8-12(20-13(18)19)16-17(15-8)11-6-2-5-10-9(11)4-3-7-14-10/h2-7H,1H3,(H,18,19). The molecule has 0 saturated heterocycles. The summed E-state index contributed by atoms with van der Waals surface area (Å²) in [5.74, 6) is -0.0293. The van der Waals surface area contributed by atoms with Crippen LogP contribution in [0.3, 0.4) is 0 Å². The zero-order chi connectivity index (χ0) is 14.1. The fraction of sp³-hybridized carbons (Fsp3) is 0.0769. The van der Waals surface area contributed by atoms with E-state index in [1.54, 1.807) is 13.1 Å². The summed E-state index contributed by atoms with van der Waals surface area (Å²) in [7, 11) is 0. The Morgan fingerprint density at radius 2 is 2.10 bits per heavy atom. The molecule has 0 atom stereocenters. The summed E-state index contributed by atoms with van der Waals surface area (Å²) >= 11 is 0. The fourth-order valence-electron chi connectivity index (χ4n) is 1.91. The molecule has 20 heavy (non-hydrogen) atoms. The van der Waals surface area contributed by atoms with E-state index in [-0.39, 0.29) is 5.88 Å². The maximum absolute atomic E-state index is 10.6. The minimum atomic E-state index is -1.42. The van der Waals surface area contributed by atoms with E-state index >= 15 is 0 Å². The van der Waals surface area contributed by atoms with E-state index in [4.69, 9.17) is 5.11 Å². The Morgan fingerprint density at radius 3 is 2.90 bits per heavy atom. The van der Waals surface area contributed by atoms with Gasteiger partial charge in [-0.15, -0.1) is 15.0 Å². The van der Waals surface area contributed by atoms with E-state index in [0.717, 1.165) is 10.9 Å². The topological polar surface area (TPSA) is 90.1 Å². The normalized spacial score (nSPS) is 10.7. The van der Waals surface area contributed by atoms with E-state index in [2.05, 4.69) is 19.9 Å². The molecule has 0 bridgehead atoms. The molecule has 1 aromatic carbocycles. The van der Waals surface area contributed by atoms with Crippen molar-refractivity contribution in [3.05, 3.63) is 42.2 Å². The van der Waals surface area contributed by atoms with Gasteiger partial charge in [0.2, 0.25) is 0 Å². The van der Waals surface area contributed by atoms with Crippen LogP contribution in [0.25, 0.3) is 16.6 Å². The second-order valence-electron chi connectivity index (χ2n) is 4.10. The molecule has 2 aromatic heterocycles. The minimum Gasteiger partial charge on any atom is -0.449 e. The van der Waals surface area contributed by atoms with E-state index < -0.39 is 6.16 Å². The van der Waals surface area contributed by atoms with Gasteiger partial charge in [0.1, 0.15) is 5.69 Å². The first-order valence-corrected chi connectivity index (χ1v) is 5.84. The molecule has 7 heteroatoms. The summed E-state index contributed by atoms with van der Waals surface area (Å²) in [6, 6.07) is 9.25. The van der Waals surface area contributed by atoms with E-state index in [1.807, 2.05) is 30.3 Å². The summed E-state index contributed by atoms with van der Waals surface area (Å²) in [5, 5.41) is 17.7. The lowest BCUT2D eigenvalue weighted by molar-refractivity contribution is 0.142. The number of carbonyl (C=O) groups is 1. The molecule has 3 rings (SSSR count). The zero-order valence-electron chi connectivity index (χ0n) is 10.5. The van der Waals surface area contributed by atoms with Gasteiger partial charge in [-0.25, -0.2) is 4.79 Å². The van der Waals surface area contributed by atoms with Crippen LogP contribution < -0.4 is 4.74 Å². The second kappa shape index (κ2) is 4.61. The Bertz CT molecular complexity index is 792. The molecule has 100 valence electrons.